The molecule has 0 fully saturated rings. The van der Waals surface area contributed by atoms with Gasteiger partial charge in [-0.2, -0.15) is 0 Å². The Kier molecular flexibility index (Phi) is 10.9. The zero-order chi connectivity index (χ0) is 31.4. The van der Waals surface area contributed by atoms with Crippen LogP contribution in [0.15, 0.2) is 115 Å². The van der Waals surface area contributed by atoms with Crippen molar-refractivity contribution in [2.45, 2.75) is 19.8 Å². The van der Waals surface area contributed by atoms with Crippen LogP contribution in [-0.4, -0.2) is 26.9 Å². The lowest BCUT2D eigenvalue weighted by atomic mass is 10.2. The van der Waals surface area contributed by atoms with E-state index in [2.05, 4.69) is 0 Å². The molecule has 5 rings (SSSR count). The van der Waals surface area contributed by atoms with Gasteiger partial charge in [-0.05, 0) is 25.3 Å². The molecule has 5 aromatic carbocycles. The molecule has 0 N–H and O–H groups in total. The lowest BCUT2D eigenvalue weighted by molar-refractivity contribution is 0.108. The number of carbonyl (C=O) groups excluding carboxylic acids is 1. The zero-order valence-corrected chi connectivity index (χ0v) is 26.4. The minimum atomic E-state index is -0.389. The van der Waals surface area contributed by atoms with Crippen LogP contribution in [0.2, 0.25) is 0 Å². The molecule has 1 atom stereocenters. The van der Waals surface area contributed by atoms with E-state index in [1.54, 1.807) is 19.2 Å². The number of hydrogen-bond donors (Lipinski definition) is 0. The van der Waals surface area contributed by atoms with Crippen molar-refractivity contribution in [1.29, 1.82) is 0 Å². The molecule has 0 aliphatic heterocycles. The second kappa shape index (κ2) is 15.6. The van der Waals surface area contributed by atoms with Crippen LogP contribution in [0, 0.1) is 0 Å². The number of hydrogen-bond acceptors (Lipinski definition) is 7. The monoisotopic (exact) mass is 622 g/mol. The van der Waals surface area contributed by atoms with Gasteiger partial charge in [0.2, 0.25) is 0 Å². The molecule has 0 heterocycles. The SMILES string of the molecule is COc1cc(OC)c(C(=O)Pc2c(OCc3ccccc3)cc(OCc3ccccc3)cc2OCc2ccccc2)c(OC)c1. The van der Waals surface area contributed by atoms with Crippen LogP contribution in [0.4, 0.5) is 0 Å². The van der Waals surface area contributed by atoms with Crippen LogP contribution in [0.3, 0.4) is 0 Å². The Labute approximate surface area is 265 Å². The van der Waals surface area contributed by atoms with Crippen molar-refractivity contribution in [3.8, 4) is 34.5 Å². The Morgan fingerprint density at radius 3 is 1.31 bits per heavy atom. The third kappa shape index (κ3) is 8.34. The largest absolute Gasteiger partial charge is 0.496 e. The first-order valence-corrected chi connectivity index (χ1v) is 15.4. The van der Waals surface area contributed by atoms with Crippen molar-refractivity contribution in [3.63, 3.8) is 0 Å². The maximum Gasteiger partial charge on any atom is 0.193 e. The van der Waals surface area contributed by atoms with E-state index in [9.17, 15) is 4.79 Å². The third-order valence-electron chi connectivity index (χ3n) is 6.94. The molecular formula is C37H35O7P. The van der Waals surface area contributed by atoms with Crippen LogP contribution in [0.1, 0.15) is 27.0 Å². The Morgan fingerprint density at radius 1 is 0.511 bits per heavy atom. The first-order chi connectivity index (χ1) is 22.1. The van der Waals surface area contributed by atoms with Gasteiger partial charge in [0.05, 0.1) is 26.6 Å². The molecular weight excluding hydrogens is 587 g/mol. The average molecular weight is 623 g/mol. The minimum absolute atomic E-state index is 0.210. The predicted molar refractivity (Wildman–Crippen MR) is 177 cm³/mol. The highest BCUT2D eigenvalue weighted by molar-refractivity contribution is 7.66. The van der Waals surface area contributed by atoms with Crippen LogP contribution >= 0.6 is 8.58 Å². The first-order valence-electron chi connectivity index (χ1n) is 14.4. The van der Waals surface area contributed by atoms with Crippen LogP contribution in [0.25, 0.3) is 0 Å². The molecule has 1 unspecified atom stereocenters. The maximum atomic E-state index is 14.1. The molecule has 5 aromatic rings. The van der Waals surface area contributed by atoms with Gasteiger partial charge >= 0.3 is 0 Å². The summed E-state index contributed by atoms with van der Waals surface area (Å²) in [6.07, 6.45) is 0. The van der Waals surface area contributed by atoms with Crippen molar-refractivity contribution in [2.24, 2.45) is 0 Å². The number of methoxy groups -OCH3 is 3. The molecule has 230 valence electrons. The number of benzene rings is 5. The Hall–Kier alpha value is -5.00. The third-order valence-corrected chi connectivity index (χ3v) is 8.16. The minimum Gasteiger partial charge on any atom is -0.496 e. The van der Waals surface area contributed by atoms with E-state index in [-0.39, 0.29) is 14.1 Å². The van der Waals surface area contributed by atoms with Crippen LogP contribution < -0.4 is 33.7 Å². The van der Waals surface area contributed by atoms with E-state index in [0.717, 1.165) is 16.7 Å². The summed E-state index contributed by atoms with van der Waals surface area (Å²) in [4.78, 5) is 14.1. The molecule has 0 radical (unpaired) electrons. The second-order valence-electron chi connectivity index (χ2n) is 9.98. The quantitative estimate of drug-likeness (QED) is 0.111. The van der Waals surface area contributed by atoms with Crippen molar-refractivity contribution in [1.82, 2.24) is 0 Å². The summed E-state index contributed by atoms with van der Waals surface area (Å²) in [5, 5.41) is 0.610. The number of rotatable bonds is 15. The summed E-state index contributed by atoms with van der Waals surface area (Å²) in [6.45, 7) is 0.946. The lowest BCUT2D eigenvalue weighted by Gasteiger charge is -2.20. The van der Waals surface area contributed by atoms with E-state index in [1.807, 2.05) is 103 Å². The fourth-order valence-corrected chi connectivity index (χ4v) is 5.75. The topological polar surface area (TPSA) is 72.5 Å². The highest BCUT2D eigenvalue weighted by Gasteiger charge is 2.25. The van der Waals surface area contributed by atoms with Crippen molar-refractivity contribution in [3.05, 3.63) is 138 Å². The van der Waals surface area contributed by atoms with Gasteiger partial charge in [0.1, 0.15) is 59.9 Å². The Bertz CT molecular complexity index is 1600. The first kappa shape index (κ1) is 31.4. The normalized spacial score (nSPS) is 10.8. The predicted octanol–water partition coefficient (Wildman–Crippen LogP) is 7.59. The van der Waals surface area contributed by atoms with Crippen LogP contribution in [-0.2, 0) is 19.8 Å². The zero-order valence-electron chi connectivity index (χ0n) is 25.4. The van der Waals surface area contributed by atoms with Crippen molar-refractivity contribution < 1.29 is 33.2 Å². The summed E-state index contributed by atoms with van der Waals surface area (Å²) in [5.74, 6) is 2.76. The van der Waals surface area contributed by atoms with Gasteiger partial charge in [-0.15, -0.1) is 0 Å². The van der Waals surface area contributed by atoms with Crippen molar-refractivity contribution >= 4 is 19.4 Å². The molecule has 8 heteroatoms. The molecule has 0 amide bonds. The molecule has 7 nitrogen and oxygen atoms in total. The average Bonchev–Trinajstić information content (AvgIpc) is 3.10. The number of ether oxygens (including phenoxy) is 6. The van der Waals surface area contributed by atoms with E-state index in [4.69, 9.17) is 28.4 Å². The molecule has 0 aliphatic rings. The maximum absolute atomic E-state index is 14.1. The lowest BCUT2D eigenvalue weighted by Crippen LogP contribution is -2.13. The van der Waals surface area contributed by atoms with Gasteiger partial charge in [0, 0.05) is 24.3 Å². The van der Waals surface area contributed by atoms with Crippen LogP contribution in [0.5, 0.6) is 34.5 Å². The Morgan fingerprint density at radius 2 is 0.911 bits per heavy atom. The molecule has 0 aliphatic carbocycles. The van der Waals surface area contributed by atoms with Gasteiger partial charge in [0.15, 0.2) is 5.52 Å². The smallest absolute Gasteiger partial charge is 0.193 e. The highest BCUT2D eigenvalue weighted by Crippen LogP contribution is 2.41. The van der Waals surface area contributed by atoms with Gasteiger partial charge in [-0.3, -0.25) is 4.79 Å². The highest BCUT2D eigenvalue weighted by atomic mass is 31.1. The molecule has 0 bridgehead atoms. The van der Waals surface area contributed by atoms with Crippen molar-refractivity contribution in [2.75, 3.05) is 21.3 Å². The molecule has 0 saturated heterocycles. The molecule has 45 heavy (non-hydrogen) atoms. The van der Waals surface area contributed by atoms with E-state index >= 15 is 0 Å². The number of carbonyl (C=O) groups is 1. The molecule has 0 spiro atoms. The van der Waals surface area contributed by atoms with E-state index < -0.39 is 0 Å². The van der Waals surface area contributed by atoms with E-state index in [0.29, 0.717) is 65.2 Å². The van der Waals surface area contributed by atoms with Gasteiger partial charge in [-0.25, -0.2) is 0 Å². The van der Waals surface area contributed by atoms with Gasteiger partial charge in [0.25, 0.3) is 0 Å². The summed E-state index contributed by atoms with van der Waals surface area (Å²) in [7, 11) is 4.18. The van der Waals surface area contributed by atoms with Gasteiger partial charge < -0.3 is 28.4 Å². The molecule has 0 saturated carbocycles. The van der Waals surface area contributed by atoms with E-state index in [1.165, 1.54) is 14.2 Å². The fraction of sp³-hybridized carbons (Fsp3) is 0.162. The fourth-order valence-electron chi connectivity index (χ4n) is 4.62. The second-order valence-corrected chi connectivity index (χ2v) is 11.2. The standard InChI is InChI=1S/C37H35O7P/c1-39-29-19-31(40-2)35(32(20-29)41-3)37(38)45-36-33(43-24-27-15-9-5-10-16-27)21-30(42-23-26-13-7-4-8-14-26)22-34(36)44-25-28-17-11-6-12-18-28/h4-22,45H,23-25H2,1-3H3. The summed E-state index contributed by atoms with van der Waals surface area (Å²) < 4.78 is 35.6. The van der Waals surface area contributed by atoms with Gasteiger partial charge in [-0.1, -0.05) is 91.0 Å². The summed E-state index contributed by atoms with van der Waals surface area (Å²) in [6, 6.07) is 36.6. The summed E-state index contributed by atoms with van der Waals surface area (Å²) >= 11 is 0. The molecule has 0 aromatic heterocycles. The summed E-state index contributed by atoms with van der Waals surface area (Å²) in [5.41, 5.74) is 3.10. The Balaban J connectivity index is 1.55.